The molecule has 0 radical (unpaired) electrons. The van der Waals surface area contributed by atoms with Gasteiger partial charge < -0.3 is 0 Å². The van der Waals surface area contributed by atoms with Crippen LogP contribution in [0.3, 0.4) is 0 Å². The Hall–Kier alpha value is -1.25. The molecule has 0 fully saturated rings. The summed E-state index contributed by atoms with van der Waals surface area (Å²) in [5.41, 5.74) is 2.48. The van der Waals surface area contributed by atoms with E-state index in [1.807, 2.05) is 24.0 Å². The highest BCUT2D eigenvalue weighted by Gasteiger charge is 2.38. The monoisotopic (exact) mass is 190 g/mol. The van der Waals surface area contributed by atoms with Crippen molar-refractivity contribution in [3.8, 4) is 0 Å². The lowest BCUT2D eigenvalue weighted by atomic mass is 9.88. The molecule has 0 amide bonds. The van der Waals surface area contributed by atoms with Crippen molar-refractivity contribution in [2.75, 3.05) is 7.05 Å². The number of hydrogen-bond acceptors (Lipinski definition) is 2. The van der Waals surface area contributed by atoms with Gasteiger partial charge in [-0.3, -0.25) is 0 Å². The molecule has 3 heteroatoms. The number of nitrogens with zero attached hydrogens (tertiary/aromatic N) is 3. The molecule has 74 valence electrons. The normalized spacial score (nSPS) is 25.4. The molecule has 2 rings (SSSR count). The number of allylic oxidation sites excluding steroid dienone is 2. The first-order chi connectivity index (χ1) is 6.50. The van der Waals surface area contributed by atoms with Gasteiger partial charge >= 0.3 is 0 Å². The predicted molar refractivity (Wildman–Crippen MR) is 56.5 cm³/mol. The molecule has 1 atom stereocenters. The van der Waals surface area contributed by atoms with E-state index in [1.165, 1.54) is 5.57 Å². The molecule has 0 saturated heterocycles. The number of hydrogen-bond donors (Lipinski definition) is 0. The van der Waals surface area contributed by atoms with Gasteiger partial charge in [-0.05, 0) is 17.3 Å². The van der Waals surface area contributed by atoms with Crippen molar-refractivity contribution in [1.82, 2.24) is 0 Å². The summed E-state index contributed by atoms with van der Waals surface area (Å²) in [5, 5.41) is 4.55. The molecule has 3 nitrogen and oxygen atoms in total. The lowest BCUT2D eigenvalue weighted by molar-refractivity contribution is -0.583. The number of fused-ring (bicyclic) bond motifs is 1. The Morgan fingerprint density at radius 2 is 2.07 bits per heavy atom. The molecule has 0 saturated carbocycles. The summed E-state index contributed by atoms with van der Waals surface area (Å²) in [7, 11) is 1.97. The molecule has 2 aliphatic rings. The van der Waals surface area contributed by atoms with E-state index < -0.39 is 0 Å². The Bertz CT molecular complexity index is 378. The Kier molecular flexibility index (Phi) is 1.91. The van der Waals surface area contributed by atoms with Crippen molar-refractivity contribution in [2.45, 2.75) is 26.9 Å². The van der Waals surface area contributed by atoms with Crippen LogP contribution in [-0.4, -0.2) is 24.1 Å². The van der Waals surface area contributed by atoms with Gasteiger partial charge in [0.25, 0.3) is 6.17 Å². The highest BCUT2D eigenvalue weighted by Crippen LogP contribution is 2.36. The van der Waals surface area contributed by atoms with Crippen LogP contribution in [-0.2, 0) is 0 Å². The van der Waals surface area contributed by atoms with E-state index in [0.717, 1.165) is 5.70 Å². The lowest BCUT2D eigenvalue weighted by Crippen LogP contribution is -2.19. The molecule has 1 unspecified atom stereocenters. The van der Waals surface area contributed by atoms with Crippen LogP contribution in [0, 0.1) is 5.41 Å². The van der Waals surface area contributed by atoms with Crippen LogP contribution in [0.15, 0.2) is 33.5 Å². The molecule has 14 heavy (non-hydrogen) atoms. The predicted octanol–water partition coefficient (Wildman–Crippen LogP) is 2.36. The number of azo groups is 2. The van der Waals surface area contributed by atoms with Crippen LogP contribution in [0.25, 0.3) is 0 Å². The first-order valence-electron chi connectivity index (χ1n) is 4.89. The Balaban J connectivity index is 2.50. The number of rotatable bonds is 0. The van der Waals surface area contributed by atoms with Gasteiger partial charge in [0.15, 0.2) is 7.05 Å². The second kappa shape index (κ2) is 2.87. The van der Waals surface area contributed by atoms with E-state index in [9.17, 15) is 0 Å². The van der Waals surface area contributed by atoms with E-state index in [1.54, 1.807) is 0 Å². The fraction of sp³-hybridized carbons (Fsp3) is 0.545. The molecule has 0 N–H and O–H groups in total. The van der Waals surface area contributed by atoms with Gasteiger partial charge in [0, 0.05) is 11.6 Å². The minimum Gasteiger partial charge on any atom is -0.219 e. The Morgan fingerprint density at radius 3 is 2.71 bits per heavy atom. The topological polar surface area (TPSA) is 27.7 Å². The van der Waals surface area contributed by atoms with Gasteiger partial charge in [0.2, 0.25) is 0 Å². The average Bonchev–Trinajstić information content (AvgIpc) is 2.44. The van der Waals surface area contributed by atoms with Crippen molar-refractivity contribution in [1.29, 1.82) is 0 Å². The number of dihydropyridines is 1. The highest BCUT2D eigenvalue weighted by atomic mass is 15.4. The van der Waals surface area contributed by atoms with Crippen molar-refractivity contribution in [2.24, 2.45) is 15.5 Å². The number of aliphatic imine (C=N–C) groups is 1. The standard InChI is InChI=1S/C11H16N3/c1-11(2,3)9-8-6-5-7-12-10(8)14(4)13-9/h5-7,10H,1-4H3/q+1. The molecule has 2 heterocycles. The zero-order chi connectivity index (χ0) is 10.3. The fourth-order valence-corrected chi connectivity index (χ4v) is 1.80. The zero-order valence-electron chi connectivity index (χ0n) is 9.15. The third-order valence-electron chi connectivity index (χ3n) is 2.46. The van der Waals surface area contributed by atoms with Crippen LogP contribution in [0.1, 0.15) is 20.8 Å². The van der Waals surface area contributed by atoms with E-state index >= 15 is 0 Å². The molecule has 0 spiro atoms. The van der Waals surface area contributed by atoms with Gasteiger partial charge in [-0.2, -0.15) is 0 Å². The molecule has 0 aromatic heterocycles. The lowest BCUT2D eigenvalue weighted by Gasteiger charge is -2.16. The van der Waals surface area contributed by atoms with Crippen LogP contribution in [0.4, 0.5) is 0 Å². The molecule has 0 aromatic carbocycles. The van der Waals surface area contributed by atoms with E-state index in [-0.39, 0.29) is 11.6 Å². The van der Waals surface area contributed by atoms with Crippen LogP contribution >= 0.6 is 0 Å². The van der Waals surface area contributed by atoms with Gasteiger partial charge in [-0.1, -0.05) is 25.5 Å². The van der Waals surface area contributed by atoms with Gasteiger partial charge in [-0.25, -0.2) is 4.99 Å². The van der Waals surface area contributed by atoms with Crippen molar-refractivity contribution >= 4 is 6.21 Å². The first kappa shape index (κ1) is 9.31. The fourth-order valence-electron chi connectivity index (χ4n) is 1.80. The van der Waals surface area contributed by atoms with Crippen molar-refractivity contribution in [3.05, 3.63) is 23.4 Å². The summed E-state index contributed by atoms with van der Waals surface area (Å²) in [6.07, 6.45) is 6.04. The zero-order valence-corrected chi connectivity index (χ0v) is 9.15. The summed E-state index contributed by atoms with van der Waals surface area (Å²) in [5.74, 6) is 0. The summed E-state index contributed by atoms with van der Waals surface area (Å²) < 4.78 is 1.93. The SMILES string of the molecule is C[N+]1=NC(C(C)(C)C)=C2C=CC=NC21. The average molecular weight is 190 g/mol. The minimum atomic E-state index is 0.0928. The van der Waals surface area contributed by atoms with E-state index in [4.69, 9.17) is 0 Å². The molecular weight excluding hydrogens is 174 g/mol. The summed E-state index contributed by atoms with van der Waals surface area (Å²) in [4.78, 5) is 4.40. The second-order valence-corrected chi connectivity index (χ2v) is 4.76. The van der Waals surface area contributed by atoms with Crippen molar-refractivity contribution in [3.63, 3.8) is 0 Å². The summed E-state index contributed by atoms with van der Waals surface area (Å²) in [6, 6.07) is 0. The third-order valence-corrected chi connectivity index (χ3v) is 2.46. The van der Waals surface area contributed by atoms with Crippen LogP contribution < -0.4 is 0 Å². The van der Waals surface area contributed by atoms with Gasteiger partial charge in [0.05, 0.1) is 5.57 Å². The summed E-state index contributed by atoms with van der Waals surface area (Å²) in [6.45, 7) is 6.55. The molecule has 2 aliphatic heterocycles. The maximum Gasteiger partial charge on any atom is 0.298 e. The third kappa shape index (κ3) is 1.33. The largest absolute Gasteiger partial charge is 0.298 e. The smallest absolute Gasteiger partial charge is 0.219 e. The molecule has 0 bridgehead atoms. The summed E-state index contributed by atoms with van der Waals surface area (Å²) >= 11 is 0. The Morgan fingerprint density at radius 1 is 1.36 bits per heavy atom. The minimum absolute atomic E-state index is 0.0928. The number of likely N-dealkylation sites (N-methyl/N-ethyl adjacent to an activating group) is 1. The second-order valence-electron chi connectivity index (χ2n) is 4.76. The van der Waals surface area contributed by atoms with Crippen LogP contribution in [0.5, 0.6) is 0 Å². The Labute approximate surface area is 84.5 Å². The van der Waals surface area contributed by atoms with Gasteiger partial charge in [-0.15, -0.1) is 0 Å². The molecule has 0 aliphatic carbocycles. The van der Waals surface area contributed by atoms with Crippen LogP contribution in [0.2, 0.25) is 0 Å². The van der Waals surface area contributed by atoms with Crippen molar-refractivity contribution < 1.29 is 4.70 Å². The first-order valence-corrected chi connectivity index (χ1v) is 4.89. The molecule has 0 aromatic rings. The maximum absolute atomic E-state index is 4.55. The van der Waals surface area contributed by atoms with Gasteiger partial charge in [0.1, 0.15) is 5.70 Å². The highest BCUT2D eigenvalue weighted by molar-refractivity contribution is 5.74. The molecular formula is C11H16N3+. The maximum atomic E-state index is 4.55. The van der Waals surface area contributed by atoms with E-state index in [0.29, 0.717) is 0 Å². The quantitative estimate of drug-likeness (QED) is 0.524. The van der Waals surface area contributed by atoms with E-state index in [2.05, 4.69) is 37.0 Å².